The van der Waals surface area contributed by atoms with Gasteiger partial charge in [0.2, 0.25) is 5.91 Å². The molecule has 1 aromatic rings. The highest BCUT2D eigenvalue weighted by Crippen LogP contribution is 2.25. The van der Waals surface area contributed by atoms with Crippen molar-refractivity contribution in [1.82, 2.24) is 10.2 Å². The quantitative estimate of drug-likeness (QED) is 0.908. The average molecular weight is 266 g/mol. The molecule has 2 heterocycles. The van der Waals surface area contributed by atoms with Crippen LogP contribution in [0.5, 0.6) is 0 Å². The molecule has 1 amide bonds. The monoisotopic (exact) mass is 266 g/mol. The number of nitrogens with one attached hydrogen (secondary N) is 1. The lowest BCUT2D eigenvalue weighted by atomic mass is 9.95. The maximum absolute atomic E-state index is 12.3. The van der Waals surface area contributed by atoms with Crippen molar-refractivity contribution in [2.24, 2.45) is 5.92 Å². The summed E-state index contributed by atoms with van der Waals surface area (Å²) in [6.07, 6.45) is 3.06. The molecule has 100 valence electrons. The van der Waals surface area contributed by atoms with E-state index in [0.29, 0.717) is 12.3 Å². The number of amides is 1. The smallest absolute Gasteiger partial charge is 0.223 e. The van der Waals surface area contributed by atoms with Crippen molar-refractivity contribution in [3.8, 4) is 0 Å². The van der Waals surface area contributed by atoms with Crippen LogP contribution in [0.3, 0.4) is 0 Å². The van der Waals surface area contributed by atoms with Crippen LogP contribution in [0, 0.1) is 5.92 Å². The maximum Gasteiger partial charge on any atom is 0.223 e. The van der Waals surface area contributed by atoms with Crippen molar-refractivity contribution < 1.29 is 4.79 Å². The Morgan fingerprint density at radius 3 is 3.11 bits per heavy atom. The third-order valence-electron chi connectivity index (χ3n) is 3.79. The van der Waals surface area contributed by atoms with Gasteiger partial charge in [-0.3, -0.25) is 4.79 Å². The predicted molar refractivity (Wildman–Crippen MR) is 75.7 cm³/mol. The molecule has 1 N–H and O–H groups in total. The molecule has 1 aliphatic heterocycles. The number of piperidine rings is 1. The second-order valence-corrected chi connectivity index (χ2v) is 6.09. The molecule has 0 spiro atoms. The van der Waals surface area contributed by atoms with E-state index in [0.717, 1.165) is 13.1 Å². The van der Waals surface area contributed by atoms with Crippen LogP contribution in [-0.2, 0) is 4.79 Å². The SMILES string of the molecule is CC(c1cccs1)N(C)C(=O)CC1CCCNC1. The van der Waals surface area contributed by atoms with Crippen LogP contribution in [0.2, 0.25) is 0 Å². The number of hydrogen-bond donors (Lipinski definition) is 1. The summed E-state index contributed by atoms with van der Waals surface area (Å²) in [7, 11) is 1.92. The van der Waals surface area contributed by atoms with E-state index in [-0.39, 0.29) is 11.9 Å². The first-order valence-electron chi connectivity index (χ1n) is 6.68. The maximum atomic E-state index is 12.3. The molecule has 4 heteroatoms. The fourth-order valence-electron chi connectivity index (χ4n) is 2.42. The summed E-state index contributed by atoms with van der Waals surface area (Å²) >= 11 is 1.72. The van der Waals surface area contributed by atoms with Gasteiger partial charge in [0.15, 0.2) is 0 Å². The van der Waals surface area contributed by atoms with Crippen molar-refractivity contribution >= 4 is 17.2 Å². The van der Waals surface area contributed by atoms with E-state index in [2.05, 4.69) is 23.7 Å². The summed E-state index contributed by atoms with van der Waals surface area (Å²) in [6.45, 7) is 4.20. The Labute approximate surface area is 113 Å². The first kappa shape index (κ1) is 13.6. The molecule has 0 aliphatic carbocycles. The summed E-state index contributed by atoms with van der Waals surface area (Å²) < 4.78 is 0. The van der Waals surface area contributed by atoms with Crippen molar-refractivity contribution in [2.45, 2.75) is 32.2 Å². The molecule has 3 nitrogen and oxygen atoms in total. The molecule has 1 saturated heterocycles. The molecule has 2 unspecified atom stereocenters. The van der Waals surface area contributed by atoms with Crippen LogP contribution in [-0.4, -0.2) is 30.9 Å². The average Bonchev–Trinajstić information content (AvgIpc) is 2.92. The third kappa shape index (κ3) is 3.33. The van der Waals surface area contributed by atoms with Gasteiger partial charge in [-0.25, -0.2) is 0 Å². The van der Waals surface area contributed by atoms with Gasteiger partial charge in [-0.05, 0) is 50.2 Å². The van der Waals surface area contributed by atoms with Gasteiger partial charge in [0, 0.05) is 18.3 Å². The van der Waals surface area contributed by atoms with E-state index in [1.54, 1.807) is 11.3 Å². The third-order valence-corrected chi connectivity index (χ3v) is 4.83. The van der Waals surface area contributed by atoms with Gasteiger partial charge >= 0.3 is 0 Å². The molecule has 0 aromatic carbocycles. The van der Waals surface area contributed by atoms with Crippen molar-refractivity contribution in [2.75, 3.05) is 20.1 Å². The molecule has 1 aromatic heterocycles. The highest BCUT2D eigenvalue weighted by Gasteiger charge is 2.22. The number of hydrogen-bond acceptors (Lipinski definition) is 3. The molecule has 1 aliphatic rings. The molecule has 2 rings (SSSR count). The topological polar surface area (TPSA) is 32.3 Å². The first-order valence-corrected chi connectivity index (χ1v) is 7.56. The van der Waals surface area contributed by atoms with Gasteiger partial charge < -0.3 is 10.2 Å². The fraction of sp³-hybridized carbons (Fsp3) is 0.643. The zero-order valence-corrected chi connectivity index (χ0v) is 12.0. The summed E-state index contributed by atoms with van der Waals surface area (Å²) in [5, 5.41) is 5.43. The van der Waals surface area contributed by atoms with E-state index in [1.807, 2.05) is 18.0 Å². The minimum atomic E-state index is 0.189. The van der Waals surface area contributed by atoms with E-state index in [4.69, 9.17) is 0 Å². The van der Waals surface area contributed by atoms with Crippen LogP contribution in [0.4, 0.5) is 0 Å². The van der Waals surface area contributed by atoms with Gasteiger partial charge in [0.05, 0.1) is 6.04 Å². The Morgan fingerprint density at radius 1 is 1.67 bits per heavy atom. The zero-order chi connectivity index (χ0) is 13.0. The molecule has 0 bridgehead atoms. The fourth-order valence-corrected chi connectivity index (χ4v) is 3.25. The number of thiophene rings is 1. The second-order valence-electron chi connectivity index (χ2n) is 5.11. The van der Waals surface area contributed by atoms with Crippen molar-refractivity contribution in [3.05, 3.63) is 22.4 Å². The highest BCUT2D eigenvalue weighted by molar-refractivity contribution is 7.10. The summed E-state index contributed by atoms with van der Waals surface area (Å²) in [6, 6.07) is 4.33. The first-order chi connectivity index (χ1) is 8.68. The Bertz CT molecular complexity index is 371. The predicted octanol–water partition coefficient (Wildman–Crippen LogP) is 2.66. The van der Waals surface area contributed by atoms with Gasteiger partial charge in [0.25, 0.3) is 0 Å². The lowest BCUT2D eigenvalue weighted by Gasteiger charge is -2.28. The summed E-state index contributed by atoms with van der Waals surface area (Å²) in [4.78, 5) is 15.4. The van der Waals surface area contributed by atoms with Gasteiger partial charge in [0.1, 0.15) is 0 Å². The molecule has 0 saturated carbocycles. The molecular formula is C14H22N2OS. The highest BCUT2D eigenvalue weighted by atomic mass is 32.1. The van der Waals surface area contributed by atoms with E-state index in [9.17, 15) is 4.79 Å². The Balaban J connectivity index is 1.87. The number of rotatable bonds is 4. The lowest BCUT2D eigenvalue weighted by Crippen LogP contribution is -2.35. The van der Waals surface area contributed by atoms with Crippen LogP contribution in [0.1, 0.15) is 37.1 Å². The van der Waals surface area contributed by atoms with E-state index >= 15 is 0 Å². The normalized spacial score (nSPS) is 21.6. The molecule has 2 atom stereocenters. The van der Waals surface area contributed by atoms with Crippen LogP contribution in [0.15, 0.2) is 17.5 Å². The lowest BCUT2D eigenvalue weighted by molar-refractivity contribution is -0.132. The number of carbonyl (C=O) groups is 1. The molecule has 1 fully saturated rings. The summed E-state index contributed by atoms with van der Waals surface area (Å²) in [5.41, 5.74) is 0. The van der Waals surface area contributed by atoms with Gasteiger partial charge in [-0.15, -0.1) is 11.3 Å². The van der Waals surface area contributed by atoms with E-state index in [1.165, 1.54) is 17.7 Å². The van der Waals surface area contributed by atoms with E-state index < -0.39 is 0 Å². The van der Waals surface area contributed by atoms with Crippen LogP contribution in [0.25, 0.3) is 0 Å². The van der Waals surface area contributed by atoms with Crippen LogP contribution < -0.4 is 5.32 Å². The van der Waals surface area contributed by atoms with Crippen LogP contribution >= 0.6 is 11.3 Å². The Kier molecular flexibility index (Phi) is 4.78. The van der Waals surface area contributed by atoms with Gasteiger partial charge in [-0.1, -0.05) is 6.07 Å². The van der Waals surface area contributed by atoms with Crippen molar-refractivity contribution in [3.63, 3.8) is 0 Å². The minimum Gasteiger partial charge on any atom is -0.338 e. The Hall–Kier alpha value is -0.870. The summed E-state index contributed by atoms with van der Waals surface area (Å²) in [5.74, 6) is 0.786. The number of nitrogens with zero attached hydrogens (tertiary/aromatic N) is 1. The zero-order valence-electron chi connectivity index (χ0n) is 11.2. The standard InChI is InChI=1S/C14H22N2OS/c1-11(13-6-4-8-18-13)16(2)14(17)9-12-5-3-7-15-10-12/h4,6,8,11-12,15H,3,5,7,9-10H2,1-2H3. The Morgan fingerprint density at radius 2 is 2.50 bits per heavy atom. The molecular weight excluding hydrogens is 244 g/mol. The van der Waals surface area contributed by atoms with Gasteiger partial charge in [-0.2, -0.15) is 0 Å². The minimum absolute atomic E-state index is 0.189. The molecule has 18 heavy (non-hydrogen) atoms. The van der Waals surface area contributed by atoms with Crippen molar-refractivity contribution in [1.29, 1.82) is 0 Å². The second kappa shape index (κ2) is 6.34. The largest absolute Gasteiger partial charge is 0.338 e. The number of carbonyl (C=O) groups excluding carboxylic acids is 1. The molecule has 0 radical (unpaired) electrons.